The summed E-state index contributed by atoms with van der Waals surface area (Å²) in [6.45, 7) is 7.12. The summed E-state index contributed by atoms with van der Waals surface area (Å²) in [6, 6.07) is 12.7. The van der Waals surface area contributed by atoms with Crippen LogP contribution in [-0.2, 0) is 6.54 Å². The molecule has 0 spiro atoms. The Bertz CT molecular complexity index is 691. The summed E-state index contributed by atoms with van der Waals surface area (Å²) >= 11 is 6.08. The number of nitrogens with zero attached hydrogens (tertiary/aromatic N) is 1. The molecule has 0 heterocycles. The summed E-state index contributed by atoms with van der Waals surface area (Å²) in [7, 11) is 0. The van der Waals surface area contributed by atoms with Crippen LogP contribution in [0.3, 0.4) is 0 Å². The van der Waals surface area contributed by atoms with E-state index in [9.17, 15) is 4.79 Å². The van der Waals surface area contributed by atoms with Gasteiger partial charge in [-0.05, 0) is 49.0 Å². The van der Waals surface area contributed by atoms with Crippen molar-refractivity contribution in [2.24, 2.45) is 0 Å². The van der Waals surface area contributed by atoms with Crippen LogP contribution in [0.15, 0.2) is 42.5 Å². The largest absolute Gasteiger partial charge is 0.399 e. The van der Waals surface area contributed by atoms with Gasteiger partial charge in [0.25, 0.3) is 5.91 Å². The van der Waals surface area contributed by atoms with E-state index < -0.39 is 0 Å². The molecule has 0 bridgehead atoms. The molecule has 2 aromatic rings. The third-order valence-electron chi connectivity index (χ3n) is 3.72. The monoisotopic (exact) mass is 403 g/mol. The van der Waals surface area contributed by atoms with Crippen LogP contribution in [-0.4, -0.2) is 23.9 Å². The SMILES string of the molecule is CCN(CC)Cc1cccc(NC(=O)c2ccc(N)cc2Cl)c1.Cl.Cl. The van der Waals surface area contributed by atoms with E-state index in [0.29, 0.717) is 16.3 Å². The second kappa shape index (κ2) is 11.2. The first-order chi connectivity index (χ1) is 11.0. The van der Waals surface area contributed by atoms with Crippen LogP contribution >= 0.6 is 36.4 Å². The smallest absolute Gasteiger partial charge is 0.257 e. The van der Waals surface area contributed by atoms with Crippen molar-refractivity contribution in [3.63, 3.8) is 0 Å². The summed E-state index contributed by atoms with van der Waals surface area (Å²) in [4.78, 5) is 14.7. The quantitative estimate of drug-likeness (QED) is 0.676. The van der Waals surface area contributed by atoms with Crippen molar-refractivity contribution in [2.75, 3.05) is 24.1 Å². The van der Waals surface area contributed by atoms with Crippen molar-refractivity contribution in [3.8, 4) is 0 Å². The normalized spacial score (nSPS) is 9.92. The number of carbonyl (C=O) groups excluding carboxylic acids is 1. The number of anilines is 2. The van der Waals surface area contributed by atoms with Gasteiger partial charge in [-0.2, -0.15) is 0 Å². The van der Waals surface area contributed by atoms with Gasteiger partial charge in [-0.3, -0.25) is 9.69 Å². The first-order valence-corrected chi connectivity index (χ1v) is 8.09. The average Bonchev–Trinajstić information content (AvgIpc) is 2.52. The number of nitrogens with one attached hydrogen (secondary N) is 1. The number of nitrogen functional groups attached to an aromatic ring is 1. The second-order valence-electron chi connectivity index (χ2n) is 5.36. The van der Waals surface area contributed by atoms with Gasteiger partial charge in [0, 0.05) is 17.9 Å². The molecule has 0 fully saturated rings. The van der Waals surface area contributed by atoms with Gasteiger partial charge in [0.1, 0.15) is 0 Å². The zero-order chi connectivity index (χ0) is 16.8. The molecule has 4 nitrogen and oxygen atoms in total. The topological polar surface area (TPSA) is 58.4 Å². The molecular formula is C18H24Cl3N3O. The van der Waals surface area contributed by atoms with Crippen molar-refractivity contribution in [2.45, 2.75) is 20.4 Å². The van der Waals surface area contributed by atoms with E-state index in [2.05, 4.69) is 30.1 Å². The first kappa shape index (κ1) is 23.5. The Morgan fingerprint density at radius 2 is 1.80 bits per heavy atom. The molecule has 3 N–H and O–H groups in total. The number of hydrogen-bond donors (Lipinski definition) is 2. The number of benzene rings is 2. The Labute approximate surface area is 166 Å². The van der Waals surface area contributed by atoms with Gasteiger partial charge in [-0.15, -0.1) is 24.8 Å². The Morgan fingerprint density at radius 1 is 1.12 bits per heavy atom. The highest BCUT2D eigenvalue weighted by atomic mass is 35.5. The van der Waals surface area contributed by atoms with Gasteiger partial charge in [-0.1, -0.05) is 37.6 Å². The molecule has 2 aromatic carbocycles. The van der Waals surface area contributed by atoms with E-state index >= 15 is 0 Å². The van der Waals surface area contributed by atoms with Gasteiger partial charge >= 0.3 is 0 Å². The molecule has 0 atom stereocenters. The van der Waals surface area contributed by atoms with E-state index in [4.69, 9.17) is 17.3 Å². The average molecular weight is 405 g/mol. The molecule has 0 aliphatic carbocycles. The van der Waals surface area contributed by atoms with E-state index in [0.717, 1.165) is 30.9 Å². The summed E-state index contributed by atoms with van der Waals surface area (Å²) in [5.74, 6) is -0.241. The molecule has 7 heteroatoms. The van der Waals surface area contributed by atoms with Gasteiger partial charge < -0.3 is 11.1 Å². The molecular weight excluding hydrogens is 381 g/mol. The summed E-state index contributed by atoms with van der Waals surface area (Å²) in [5.41, 5.74) is 8.52. The minimum absolute atomic E-state index is 0. The molecule has 0 saturated heterocycles. The maximum absolute atomic E-state index is 12.3. The Balaban J connectivity index is 0.00000288. The van der Waals surface area contributed by atoms with E-state index in [1.54, 1.807) is 18.2 Å². The first-order valence-electron chi connectivity index (χ1n) is 7.71. The number of carbonyl (C=O) groups is 1. The van der Waals surface area contributed by atoms with Crippen LogP contribution in [0.2, 0.25) is 5.02 Å². The van der Waals surface area contributed by atoms with Crippen LogP contribution in [0.1, 0.15) is 29.8 Å². The fourth-order valence-corrected chi connectivity index (χ4v) is 2.64. The number of nitrogens with two attached hydrogens (primary N) is 1. The maximum atomic E-state index is 12.3. The third kappa shape index (κ3) is 6.75. The molecule has 1 amide bonds. The van der Waals surface area contributed by atoms with Crippen LogP contribution in [0.4, 0.5) is 11.4 Å². The molecule has 0 radical (unpaired) electrons. The molecule has 0 aliphatic rings. The van der Waals surface area contributed by atoms with Crippen molar-refractivity contribution in [1.29, 1.82) is 0 Å². The summed E-state index contributed by atoms with van der Waals surface area (Å²) in [6.07, 6.45) is 0. The number of hydrogen-bond acceptors (Lipinski definition) is 3. The lowest BCUT2D eigenvalue weighted by Gasteiger charge is -2.18. The molecule has 0 aliphatic heterocycles. The van der Waals surface area contributed by atoms with Gasteiger partial charge in [-0.25, -0.2) is 0 Å². The Morgan fingerprint density at radius 3 is 2.40 bits per heavy atom. The fraction of sp³-hybridized carbons (Fsp3) is 0.278. The highest BCUT2D eigenvalue weighted by molar-refractivity contribution is 6.34. The summed E-state index contributed by atoms with van der Waals surface area (Å²) < 4.78 is 0. The van der Waals surface area contributed by atoms with Crippen LogP contribution in [0.25, 0.3) is 0 Å². The van der Waals surface area contributed by atoms with Crippen molar-refractivity contribution in [1.82, 2.24) is 4.90 Å². The number of rotatable bonds is 6. The number of halogens is 3. The molecule has 0 saturated carbocycles. The summed E-state index contributed by atoms with van der Waals surface area (Å²) in [5, 5.41) is 3.23. The molecule has 25 heavy (non-hydrogen) atoms. The minimum Gasteiger partial charge on any atom is -0.399 e. The molecule has 2 rings (SSSR count). The molecule has 0 unspecified atom stereocenters. The van der Waals surface area contributed by atoms with Crippen molar-refractivity contribution >= 4 is 53.7 Å². The highest BCUT2D eigenvalue weighted by Crippen LogP contribution is 2.21. The lowest BCUT2D eigenvalue weighted by Crippen LogP contribution is -2.22. The van der Waals surface area contributed by atoms with E-state index in [1.165, 1.54) is 0 Å². The molecule has 138 valence electrons. The van der Waals surface area contributed by atoms with Crippen LogP contribution in [0.5, 0.6) is 0 Å². The lowest BCUT2D eigenvalue weighted by atomic mass is 10.1. The Kier molecular flexibility index (Phi) is 10.6. The van der Waals surface area contributed by atoms with Crippen LogP contribution in [0, 0.1) is 0 Å². The maximum Gasteiger partial charge on any atom is 0.257 e. The zero-order valence-corrected chi connectivity index (χ0v) is 16.7. The van der Waals surface area contributed by atoms with Gasteiger partial charge in [0.2, 0.25) is 0 Å². The van der Waals surface area contributed by atoms with Gasteiger partial charge in [0.05, 0.1) is 10.6 Å². The van der Waals surface area contributed by atoms with Crippen molar-refractivity contribution in [3.05, 3.63) is 58.6 Å². The molecule has 0 aromatic heterocycles. The van der Waals surface area contributed by atoms with Crippen molar-refractivity contribution < 1.29 is 4.79 Å². The minimum atomic E-state index is -0.241. The predicted octanol–water partition coefficient (Wildman–Crippen LogP) is 4.86. The van der Waals surface area contributed by atoms with E-state index in [-0.39, 0.29) is 30.7 Å². The van der Waals surface area contributed by atoms with Crippen LogP contribution < -0.4 is 11.1 Å². The van der Waals surface area contributed by atoms with E-state index in [1.807, 2.05) is 18.2 Å². The lowest BCUT2D eigenvalue weighted by molar-refractivity contribution is 0.102. The Hall–Kier alpha value is -1.46. The second-order valence-corrected chi connectivity index (χ2v) is 5.76. The number of amides is 1. The standard InChI is InChI=1S/C18H22ClN3O.2ClH/c1-3-22(4-2)12-13-6-5-7-15(10-13)21-18(23)16-9-8-14(20)11-17(16)19;;/h5-11H,3-4,12,20H2,1-2H3,(H,21,23);2*1H. The third-order valence-corrected chi connectivity index (χ3v) is 4.04. The highest BCUT2D eigenvalue weighted by Gasteiger charge is 2.11. The zero-order valence-electron chi connectivity index (χ0n) is 14.3. The van der Waals surface area contributed by atoms with Gasteiger partial charge in [0.15, 0.2) is 0 Å². The fourth-order valence-electron chi connectivity index (χ4n) is 2.37. The predicted molar refractivity (Wildman–Crippen MR) is 111 cm³/mol.